The molecule has 0 aliphatic rings. The van der Waals surface area contributed by atoms with Gasteiger partial charge in [-0.05, 0) is 42.0 Å². The Bertz CT molecular complexity index is 921. The van der Waals surface area contributed by atoms with E-state index in [0.717, 1.165) is 17.0 Å². The Morgan fingerprint density at radius 1 is 1.12 bits per heavy atom. The van der Waals surface area contributed by atoms with Crippen molar-refractivity contribution in [2.24, 2.45) is 0 Å². The van der Waals surface area contributed by atoms with Crippen LogP contribution in [0.1, 0.15) is 11.1 Å². The first kappa shape index (κ1) is 17.2. The largest absolute Gasteiger partial charge is 0.417 e. The summed E-state index contributed by atoms with van der Waals surface area (Å²) in [7, 11) is 0. The number of alkyl halides is 3. The maximum absolute atomic E-state index is 12.8. The van der Waals surface area contributed by atoms with Crippen LogP contribution in [0.4, 0.5) is 23.7 Å². The monoisotopic (exact) mass is 367 g/mol. The summed E-state index contributed by atoms with van der Waals surface area (Å²) in [5, 5.41) is 5.72. The van der Waals surface area contributed by atoms with Crippen LogP contribution in [0, 0.1) is 0 Å². The number of urea groups is 1. The molecule has 0 unspecified atom stereocenters. The third-order valence-corrected chi connectivity index (χ3v) is 3.93. The molecule has 0 spiro atoms. The van der Waals surface area contributed by atoms with E-state index in [2.05, 4.69) is 15.6 Å². The summed E-state index contributed by atoms with van der Waals surface area (Å²) in [5.74, 6) is 0. The van der Waals surface area contributed by atoms with Gasteiger partial charge in [-0.25, -0.2) is 4.79 Å². The van der Waals surface area contributed by atoms with Crippen molar-refractivity contribution in [3.05, 3.63) is 64.8 Å². The molecule has 0 aliphatic carbocycles. The molecule has 2 aromatic carbocycles. The minimum Gasteiger partial charge on any atom is -0.361 e. The van der Waals surface area contributed by atoms with Crippen molar-refractivity contribution in [2.45, 2.75) is 12.7 Å². The molecule has 1 heterocycles. The van der Waals surface area contributed by atoms with Crippen LogP contribution in [0.5, 0.6) is 0 Å². The van der Waals surface area contributed by atoms with Crippen LogP contribution < -0.4 is 10.6 Å². The number of rotatable bonds is 3. The number of benzene rings is 2. The summed E-state index contributed by atoms with van der Waals surface area (Å²) in [6.45, 7) is -0.0571. The second kappa shape index (κ2) is 6.68. The van der Waals surface area contributed by atoms with Crippen molar-refractivity contribution in [3.63, 3.8) is 0 Å². The van der Waals surface area contributed by atoms with Gasteiger partial charge in [-0.3, -0.25) is 0 Å². The van der Waals surface area contributed by atoms with Gasteiger partial charge in [0.05, 0.1) is 10.6 Å². The molecular weight excluding hydrogens is 355 g/mol. The lowest BCUT2D eigenvalue weighted by Gasteiger charge is -2.12. The number of fused-ring (bicyclic) bond motifs is 1. The molecule has 130 valence electrons. The zero-order chi connectivity index (χ0) is 18.0. The molecule has 0 fully saturated rings. The Morgan fingerprint density at radius 3 is 2.68 bits per heavy atom. The van der Waals surface area contributed by atoms with E-state index in [1.165, 1.54) is 12.1 Å². The minimum absolute atomic E-state index is 0.0571. The molecule has 0 atom stereocenters. The summed E-state index contributed by atoms with van der Waals surface area (Å²) in [6, 6.07) is 10.2. The van der Waals surface area contributed by atoms with Gasteiger partial charge in [0.15, 0.2) is 0 Å². The molecule has 8 heteroatoms. The molecule has 0 bridgehead atoms. The van der Waals surface area contributed by atoms with Crippen LogP contribution in [-0.4, -0.2) is 11.0 Å². The number of H-pyrrole nitrogens is 1. The Labute approximate surface area is 146 Å². The summed E-state index contributed by atoms with van der Waals surface area (Å²) >= 11 is 5.57. The number of hydrogen-bond acceptors (Lipinski definition) is 1. The van der Waals surface area contributed by atoms with Crippen LogP contribution >= 0.6 is 11.6 Å². The molecule has 0 saturated carbocycles. The molecule has 0 saturated heterocycles. The lowest BCUT2D eigenvalue weighted by Crippen LogP contribution is -2.28. The van der Waals surface area contributed by atoms with Crippen molar-refractivity contribution in [3.8, 4) is 0 Å². The minimum atomic E-state index is -4.54. The molecule has 0 aliphatic heterocycles. The molecule has 1 aromatic heterocycles. The van der Waals surface area contributed by atoms with E-state index in [1.54, 1.807) is 18.3 Å². The second-order valence-electron chi connectivity index (χ2n) is 5.40. The molecular formula is C17H13ClF3N3O. The zero-order valence-electron chi connectivity index (χ0n) is 12.7. The number of aromatic amines is 1. The van der Waals surface area contributed by atoms with Gasteiger partial charge < -0.3 is 15.6 Å². The molecule has 4 nitrogen and oxygen atoms in total. The lowest BCUT2D eigenvalue weighted by atomic mass is 10.1. The van der Waals surface area contributed by atoms with Gasteiger partial charge >= 0.3 is 12.2 Å². The van der Waals surface area contributed by atoms with Crippen molar-refractivity contribution in [1.82, 2.24) is 10.3 Å². The molecule has 25 heavy (non-hydrogen) atoms. The standard InChI is InChI=1S/C17H13ClF3N3O/c18-14-3-1-10(7-13(14)17(19,20)21)9-23-16(25)24-12-2-4-15-11(8-12)5-6-22-15/h1-8,22H,9H2,(H2,23,24,25). The molecule has 0 radical (unpaired) electrons. The first-order chi connectivity index (χ1) is 11.8. The van der Waals surface area contributed by atoms with E-state index < -0.39 is 17.8 Å². The maximum Gasteiger partial charge on any atom is 0.417 e. The van der Waals surface area contributed by atoms with E-state index in [-0.39, 0.29) is 11.6 Å². The van der Waals surface area contributed by atoms with Crippen molar-refractivity contribution < 1.29 is 18.0 Å². The predicted molar refractivity (Wildman–Crippen MR) is 90.6 cm³/mol. The molecule has 3 rings (SSSR count). The van der Waals surface area contributed by atoms with Gasteiger partial charge in [0, 0.05) is 29.3 Å². The number of nitrogens with one attached hydrogen (secondary N) is 3. The quantitative estimate of drug-likeness (QED) is 0.588. The van der Waals surface area contributed by atoms with Gasteiger partial charge in [-0.2, -0.15) is 13.2 Å². The number of carbonyl (C=O) groups excluding carboxylic acids is 1. The van der Waals surface area contributed by atoms with Crippen LogP contribution in [-0.2, 0) is 12.7 Å². The van der Waals surface area contributed by atoms with Crippen molar-refractivity contribution >= 4 is 34.2 Å². The Kier molecular flexibility index (Phi) is 4.59. The van der Waals surface area contributed by atoms with Crippen LogP contribution in [0.3, 0.4) is 0 Å². The first-order valence-electron chi connectivity index (χ1n) is 7.30. The molecule has 2 amide bonds. The number of halogens is 4. The van der Waals surface area contributed by atoms with Gasteiger partial charge in [0.1, 0.15) is 0 Å². The van der Waals surface area contributed by atoms with E-state index in [4.69, 9.17) is 11.6 Å². The summed E-state index contributed by atoms with van der Waals surface area (Å²) in [5.41, 5.74) is 0.892. The van der Waals surface area contributed by atoms with Crippen molar-refractivity contribution in [1.29, 1.82) is 0 Å². The maximum atomic E-state index is 12.8. The van der Waals surface area contributed by atoms with E-state index in [9.17, 15) is 18.0 Å². The second-order valence-corrected chi connectivity index (χ2v) is 5.81. The molecule has 3 N–H and O–H groups in total. The summed E-state index contributed by atoms with van der Waals surface area (Å²) < 4.78 is 38.5. The third-order valence-electron chi connectivity index (χ3n) is 3.60. The van der Waals surface area contributed by atoms with E-state index >= 15 is 0 Å². The van der Waals surface area contributed by atoms with Gasteiger partial charge in [0.25, 0.3) is 0 Å². The highest BCUT2D eigenvalue weighted by Gasteiger charge is 2.33. The highest BCUT2D eigenvalue weighted by Crippen LogP contribution is 2.35. The normalized spacial score (nSPS) is 11.5. The van der Waals surface area contributed by atoms with Crippen LogP contribution in [0.2, 0.25) is 5.02 Å². The molecule has 3 aromatic rings. The average molecular weight is 368 g/mol. The fraction of sp³-hybridized carbons (Fsp3) is 0.118. The lowest BCUT2D eigenvalue weighted by molar-refractivity contribution is -0.137. The smallest absolute Gasteiger partial charge is 0.361 e. The van der Waals surface area contributed by atoms with E-state index in [1.807, 2.05) is 12.1 Å². The van der Waals surface area contributed by atoms with Gasteiger partial charge in [-0.1, -0.05) is 17.7 Å². The Morgan fingerprint density at radius 2 is 1.92 bits per heavy atom. The van der Waals surface area contributed by atoms with Crippen LogP contribution in [0.15, 0.2) is 48.7 Å². The van der Waals surface area contributed by atoms with Gasteiger partial charge in [0.2, 0.25) is 0 Å². The number of amides is 2. The predicted octanol–water partition coefficient (Wildman–Crippen LogP) is 5.16. The van der Waals surface area contributed by atoms with Crippen molar-refractivity contribution in [2.75, 3.05) is 5.32 Å². The SMILES string of the molecule is O=C(NCc1ccc(Cl)c(C(F)(F)F)c1)Nc1ccc2[nH]ccc2c1. The number of anilines is 1. The average Bonchev–Trinajstić information content (AvgIpc) is 3.00. The van der Waals surface area contributed by atoms with Crippen LogP contribution in [0.25, 0.3) is 10.9 Å². The summed E-state index contributed by atoms with van der Waals surface area (Å²) in [4.78, 5) is 15.0. The zero-order valence-corrected chi connectivity index (χ0v) is 13.5. The number of aromatic nitrogens is 1. The highest BCUT2D eigenvalue weighted by atomic mass is 35.5. The highest BCUT2D eigenvalue weighted by molar-refractivity contribution is 6.31. The Balaban J connectivity index is 1.64. The topological polar surface area (TPSA) is 56.9 Å². The summed E-state index contributed by atoms with van der Waals surface area (Å²) in [6.07, 6.45) is -2.76. The fourth-order valence-electron chi connectivity index (χ4n) is 2.39. The number of hydrogen-bond donors (Lipinski definition) is 3. The van der Waals surface area contributed by atoms with Gasteiger partial charge in [-0.15, -0.1) is 0 Å². The van der Waals surface area contributed by atoms with E-state index in [0.29, 0.717) is 11.3 Å². The fourth-order valence-corrected chi connectivity index (χ4v) is 2.61. The first-order valence-corrected chi connectivity index (χ1v) is 7.68. The third kappa shape index (κ3) is 4.06. The Hall–Kier alpha value is -2.67. The number of carbonyl (C=O) groups is 1.